The Morgan fingerprint density at radius 2 is 1.89 bits per heavy atom. The van der Waals surface area contributed by atoms with Crippen molar-refractivity contribution >= 4 is 34.9 Å². The molecule has 7 heteroatoms. The molecule has 0 fully saturated rings. The molecule has 2 aromatic rings. The van der Waals surface area contributed by atoms with Crippen LogP contribution in [0.25, 0.3) is 0 Å². The van der Waals surface area contributed by atoms with Gasteiger partial charge in [0.2, 0.25) is 0 Å². The van der Waals surface area contributed by atoms with Gasteiger partial charge in [0.1, 0.15) is 0 Å². The molecular weight excluding hydrogens is 382 g/mol. The van der Waals surface area contributed by atoms with E-state index in [1.54, 1.807) is 0 Å². The van der Waals surface area contributed by atoms with Crippen molar-refractivity contribution in [3.63, 3.8) is 0 Å². The van der Waals surface area contributed by atoms with E-state index in [9.17, 15) is 19.5 Å². The summed E-state index contributed by atoms with van der Waals surface area (Å²) in [5.74, 6) is -2.27. The van der Waals surface area contributed by atoms with Gasteiger partial charge in [-0.05, 0) is 42.9 Å². The second-order valence-electron chi connectivity index (χ2n) is 7.78. The summed E-state index contributed by atoms with van der Waals surface area (Å²) in [5, 5.41) is 11.4. The van der Waals surface area contributed by atoms with Gasteiger partial charge in [-0.25, -0.2) is 0 Å². The number of H-pyrrole nitrogens is 1. The summed E-state index contributed by atoms with van der Waals surface area (Å²) >= 11 is 2.07. The number of ketones is 1. The number of aliphatic carboxylic acids is 1. The maximum Gasteiger partial charge on any atom is 0.305 e. The maximum atomic E-state index is 13.4. The highest BCUT2D eigenvalue weighted by molar-refractivity contribution is 8.00. The fourth-order valence-electron chi connectivity index (χ4n) is 4.25. The van der Waals surface area contributed by atoms with E-state index < -0.39 is 22.6 Å². The topological polar surface area (TPSA) is 90.1 Å². The Labute approximate surface area is 165 Å². The van der Waals surface area contributed by atoms with E-state index in [2.05, 4.69) is 4.98 Å². The zero-order valence-corrected chi connectivity index (χ0v) is 16.8. The van der Waals surface area contributed by atoms with Crippen LogP contribution in [0.5, 0.6) is 0 Å². The van der Waals surface area contributed by atoms with Crippen molar-refractivity contribution in [1.29, 1.82) is 0 Å². The van der Waals surface area contributed by atoms with E-state index in [0.717, 1.165) is 53.7 Å². The Morgan fingerprint density at radius 3 is 2.59 bits per heavy atom. The van der Waals surface area contributed by atoms with Crippen molar-refractivity contribution in [2.75, 3.05) is 0 Å². The van der Waals surface area contributed by atoms with Gasteiger partial charge in [-0.3, -0.25) is 9.59 Å². The number of carboxylic acids is 1. The third-order valence-electron chi connectivity index (χ3n) is 5.67. The number of carbonyl (C=O) groups is 2. The summed E-state index contributed by atoms with van der Waals surface area (Å²) < 4.78 is 0. The summed E-state index contributed by atoms with van der Waals surface area (Å²) in [6.07, 6.45) is 4.25. The van der Waals surface area contributed by atoms with Crippen LogP contribution in [0, 0.1) is 5.92 Å². The van der Waals surface area contributed by atoms with Crippen LogP contribution in [-0.4, -0.2) is 22.0 Å². The number of benzene rings is 1. The molecule has 0 unspecified atom stereocenters. The van der Waals surface area contributed by atoms with Gasteiger partial charge in [-0.15, -0.1) is 0 Å². The first-order chi connectivity index (χ1) is 12.8. The maximum absolute atomic E-state index is 13.4. The number of hydrogen-bond donors (Lipinski definition) is 1. The van der Waals surface area contributed by atoms with Gasteiger partial charge >= 0.3 is 4.87 Å². The number of aromatic amines is 1. The standard InChI is InChI=1S/C20H21NO4S2/c1-20(2)13(15(18(23)24)26-17-16(20)27-19(25)21-17)14(22)12-8-7-10-5-3-4-6-11(10)9-12/h7-9,13,15H,3-6H2,1-2H3,(H,21,25)(H,23,24)/p-1/t13-,15-/m0/s1. The first-order valence-electron chi connectivity index (χ1n) is 9.06. The molecule has 2 atom stereocenters. The van der Waals surface area contributed by atoms with Crippen molar-refractivity contribution in [1.82, 2.24) is 4.98 Å². The second-order valence-corrected chi connectivity index (χ2v) is 9.92. The number of carbonyl (C=O) groups excluding carboxylic acids is 2. The number of aryl methyl sites for hydroxylation is 2. The molecule has 1 aromatic carbocycles. The molecule has 1 aliphatic heterocycles. The molecule has 2 heterocycles. The zero-order chi connectivity index (χ0) is 19.3. The van der Waals surface area contributed by atoms with Gasteiger partial charge < -0.3 is 14.9 Å². The fourth-order valence-corrected chi connectivity index (χ4v) is 6.93. The van der Waals surface area contributed by atoms with E-state index in [1.807, 2.05) is 32.0 Å². The number of aromatic nitrogens is 1. The van der Waals surface area contributed by atoms with Crippen molar-refractivity contribution < 1.29 is 14.7 Å². The lowest BCUT2D eigenvalue weighted by molar-refractivity contribution is -0.305. The monoisotopic (exact) mass is 402 g/mol. The van der Waals surface area contributed by atoms with Crippen LogP contribution in [0.3, 0.4) is 0 Å². The largest absolute Gasteiger partial charge is 0.549 e. The number of nitrogens with one attached hydrogen (secondary N) is 1. The van der Waals surface area contributed by atoms with Gasteiger partial charge in [0.15, 0.2) is 5.78 Å². The number of thioether (sulfide) groups is 1. The highest BCUT2D eigenvalue weighted by Gasteiger charge is 2.49. The van der Waals surface area contributed by atoms with E-state index in [4.69, 9.17) is 0 Å². The zero-order valence-electron chi connectivity index (χ0n) is 15.2. The van der Waals surface area contributed by atoms with Crippen LogP contribution in [0.4, 0.5) is 0 Å². The smallest absolute Gasteiger partial charge is 0.305 e. The summed E-state index contributed by atoms with van der Waals surface area (Å²) in [5.41, 5.74) is 2.23. The van der Waals surface area contributed by atoms with Crippen LogP contribution in [0.15, 0.2) is 28.0 Å². The lowest BCUT2D eigenvalue weighted by Crippen LogP contribution is -2.51. The van der Waals surface area contributed by atoms with Crippen LogP contribution in [-0.2, 0) is 23.1 Å². The minimum absolute atomic E-state index is 0.193. The van der Waals surface area contributed by atoms with Crippen LogP contribution >= 0.6 is 23.1 Å². The highest BCUT2D eigenvalue weighted by Crippen LogP contribution is 2.50. The normalized spacial score (nSPS) is 23.3. The molecular formula is C20H20NO4S2-. The predicted molar refractivity (Wildman–Crippen MR) is 104 cm³/mol. The molecule has 0 spiro atoms. The lowest BCUT2D eigenvalue weighted by Gasteiger charge is -2.42. The highest BCUT2D eigenvalue weighted by atomic mass is 32.2. The van der Waals surface area contributed by atoms with E-state index in [0.29, 0.717) is 10.6 Å². The molecule has 5 nitrogen and oxygen atoms in total. The molecule has 142 valence electrons. The van der Waals surface area contributed by atoms with Gasteiger partial charge in [0, 0.05) is 21.8 Å². The van der Waals surface area contributed by atoms with Gasteiger partial charge in [0.05, 0.1) is 16.2 Å². The molecule has 4 rings (SSSR count). The Morgan fingerprint density at radius 1 is 1.19 bits per heavy atom. The van der Waals surface area contributed by atoms with Gasteiger partial charge in [0.25, 0.3) is 0 Å². The third-order valence-corrected chi connectivity index (χ3v) is 8.29. The molecule has 1 N–H and O–H groups in total. The van der Waals surface area contributed by atoms with Crippen molar-refractivity contribution in [3.8, 4) is 0 Å². The number of carboxylic acid groups (broad SMARTS) is 1. The van der Waals surface area contributed by atoms with Gasteiger partial charge in [-0.2, -0.15) is 0 Å². The third kappa shape index (κ3) is 3.06. The van der Waals surface area contributed by atoms with Gasteiger partial charge in [-0.1, -0.05) is 49.1 Å². The number of fused-ring (bicyclic) bond motifs is 2. The number of rotatable bonds is 3. The molecule has 1 aliphatic carbocycles. The summed E-state index contributed by atoms with van der Waals surface area (Å²) in [4.78, 5) is 40.3. The Bertz CT molecular complexity index is 988. The summed E-state index contributed by atoms with van der Waals surface area (Å²) in [6.45, 7) is 3.68. The molecule has 0 bridgehead atoms. The average Bonchev–Trinajstić information content (AvgIpc) is 3.02. The number of thiazole rings is 1. The number of Topliss-reactive ketones (excluding diaryl/α,β-unsaturated/α-hetero) is 1. The van der Waals surface area contributed by atoms with Crippen LogP contribution < -0.4 is 9.98 Å². The minimum atomic E-state index is -1.28. The molecule has 1 aromatic heterocycles. The second kappa shape index (κ2) is 6.63. The molecule has 0 saturated carbocycles. The van der Waals surface area contributed by atoms with Crippen molar-refractivity contribution in [2.24, 2.45) is 5.92 Å². The SMILES string of the molecule is CC1(C)c2sc(=O)[nH]c2S[C@H](C(=O)[O-])[C@@H]1C(=O)c1ccc2c(c1)CCCC2. The van der Waals surface area contributed by atoms with Crippen molar-refractivity contribution in [3.05, 3.63) is 49.4 Å². The van der Waals surface area contributed by atoms with Crippen LogP contribution in [0.2, 0.25) is 0 Å². The van der Waals surface area contributed by atoms with E-state index in [1.165, 1.54) is 11.1 Å². The summed E-state index contributed by atoms with van der Waals surface area (Å²) in [6, 6.07) is 5.74. The molecule has 0 amide bonds. The molecule has 0 saturated heterocycles. The summed E-state index contributed by atoms with van der Waals surface area (Å²) in [7, 11) is 0. The Hall–Kier alpha value is -1.86. The molecule has 27 heavy (non-hydrogen) atoms. The van der Waals surface area contributed by atoms with Crippen molar-refractivity contribution in [2.45, 2.75) is 55.2 Å². The van der Waals surface area contributed by atoms with E-state index in [-0.39, 0.29) is 10.7 Å². The fraction of sp³-hybridized carbons (Fsp3) is 0.450. The minimum Gasteiger partial charge on any atom is -0.549 e. The molecule has 0 radical (unpaired) electrons. The quantitative estimate of drug-likeness (QED) is 0.796. The Balaban J connectivity index is 1.79. The molecule has 2 aliphatic rings. The lowest BCUT2D eigenvalue weighted by atomic mass is 9.71. The predicted octanol–water partition coefficient (Wildman–Crippen LogP) is 2.32. The first-order valence-corrected chi connectivity index (χ1v) is 10.8. The average molecular weight is 403 g/mol. The Kier molecular flexibility index (Phi) is 4.55. The van der Waals surface area contributed by atoms with E-state index >= 15 is 0 Å². The van der Waals surface area contributed by atoms with Crippen LogP contribution in [0.1, 0.15) is 53.1 Å². The number of hydrogen-bond acceptors (Lipinski definition) is 6. The first kappa shape index (κ1) is 18.5.